The van der Waals surface area contributed by atoms with Gasteiger partial charge in [0, 0.05) is 20.0 Å². The van der Waals surface area contributed by atoms with Crippen molar-refractivity contribution >= 4 is 23.7 Å². The zero-order valence-electron chi connectivity index (χ0n) is 10.5. The van der Waals surface area contributed by atoms with Gasteiger partial charge in [-0.3, -0.25) is 19.2 Å². The van der Waals surface area contributed by atoms with Crippen molar-refractivity contribution in [3.63, 3.8) is 0 Å². The van der Waals surface area contributed by atoms with Gasteiger partial charge in [0.05, 0.1) is 19.2 Å². The van der Waals surface area contributed by atoms with Gasteiger partial charge < -0.3 is 9.84 Å². The molecule has 1 amide bonds. The molecular weight excluding hydrogens is 254 g/mol. The molecule has 0 bridgehead atoms. The number of esters is 1. The van der Waals surface area contributed by atoms with E-state index in [0.29, 0.717) is 0 Å². The number of carbonyl (C=O) groups is 3. The van der Waals surface area contributed by atoms with Crippen molar-refractivity contribution in [2.75, 3.05) is 18.6 Å². The highest BCUT2D eigenvalue weighted by molar-refractivity contribution is 6.04. The Morgan fingerprint density at radius 2 is 2.21 bits per heavy atom. The van der Waals surface area contributed by atoms with Crippen LogP contribution in [-0.4, -0.2) is 46.4 Å². The second-order valence-electron chi connectivity index (χ2n) is 4.24. The third-order valence-electron chi connectivity index (χ3n) is 3.04. The first kappa shape index (κ1) is 13.1. The van der Waals surface area contributed by atoms with Gasteiger partial charge in [-0.1, -0.05) is 0 Å². The molecule has 2 rings (SSSR count). The predicted octanol–water partition coefficient (Wildman–Crippen LogP) is -0.356. The number of carbonyl (C=O) groups excluding carboxylic acids is 2. The van der Waals surface area contributed by atoms with Crippen molar-refractivity contribution in [3.05, 3.63) is 11.8 Å². The van der Waals surface area contributed by atoms with E-state index in [-0.39, 0.29) is 30.3 Å². The lowest BCUT2D eigenvalue weighted by Gasteiger charge is -2.17. The Bertz CT molecular complexity index is 551. The lowest BCUT2D eigenvalue weighted by atomic mass is 10.1. The normalized spacial score (nSPS) is 18.7. The van der Waals surface area contributed by atoms with Gasteiger partial charge in [-0.2, -0.15) is 5.10 Å². The van der Waals surface area contributed by atoms with Gasteiger partial charge in [0.15, 0.2) is 0 Å². The molecule has 1 aliphatic heterocycles. The Morgan fingerprint density at radius 3 is 2.74 bits per heavy atom. The van der Waals surface area contributed by atoms with E-state index >= 15 is 0 Å². The summed E-state index contributed by atoms with van der Waals surface area (Å²) in [6.45, 7) is 0.0255. The Hall–Kier alpha value is -2.38. The number of carboxylic acid groups (broad SMARTS) is 1. The summed E-state index contributed by atoms with van der Waals surface area (Å²) in [6.07, 6.45) is 1.21. The highest BCUT2D eigenvalue weighted by atomic mass is 16.5. The lowest BCUT2D eigenvalue weighted by molar-refractivity contribution is -0.141. The van der Waals surface area contributed by atoms with Crippen LogP contribution in [0.2, 0.25) is 0 Å². The highest BCUT2D eigenvalue weighted by Crippen LogP contribution is 2.28. The molecule has 1 unspecified atom stereocenters. The monoisotopic (exact) mass is 267 g/mol. The van der Waals surface area contributed by atoms with Crippen LogP contribution in [0.1, 0.15) is 16.8 Å². The topological polar surface area (TPSA) is 102 Å². The molecular formula is C11H13N3O5. The quantitative estimate of drug-likeness (QED) is 0.751. The number of aryl methyl sites for hydroxylation is 1. The zero-order chi connectivity index (χ0) is 14.2. The number of hydrogen-bond acceptors (Lipinski definition) is 5. The number of rotatable bonds is 3. The summed E-state index contributed by atoms with van der Waals surface area (Å²) < 4.78 is 5.97. The van der Waals surface area contributed by atoms with Crippen LogP contribution in [0.3, 0.4) is 0 Å². The summed E-state index contributed by atoms with van der Waals surface area (Å²) in [6, 6.07) is 0. The smallest absolute Gasteiger partial charge is 0.343 e. The second-order valence-corrected chi connectivity index (χ2v) is 4.24. The molecule has 0 spiro atoms. The molecule has 0 aromatic carbocycles. The van der Waals surface area contributed by atoms with Gasteiger partial charge in [-0.15, -0.1) is 0 Å². The third kappa shape index (κ3) is 2.16. The first-order valence-corrected chi connectivity index (χ1v) is 5.59. The molecule has 8 nitrogen and oxygen atoms in total. The largest absolute Gasteiger partial charge is 0.481 e. The fraction of sp³-hybridized carbons (Fsp3) is 0.455. The minimum Gasteiger partial charge on any atom is -0.481 e. The number of anilines is 1. The SMILES string of the molecule is COC(=O)c1cnn(C)c1N1CC(C(=O)O)CC1=O. The molecule has 1 aromatic rings. The van der Waals surface area contributed by atoms with Gasteiger partial charge in [0.25, 0.3) is 0 Å². The van der Waals surface area contributed by atoms with E-state index in [1.807, 2.05) is 0 Å². The van der Waals surface area contributed by atoms with Crippen LogP contribution in [0.5, 0.6) is 0 Å². The van der Waals surface area contributed by atoms with Crippen LogP contribution >= 0.6 is 0 Å². The van der Waals surface area contributed by atoms with Crippen LogP contribution in [0.25, 0.3) is 0 Å². The standard InChI is InChI=1S/C11H13N3O5/c1-13-9(7(4-12-13)11(18)19-2)14-5-6(10(16)17)3-8(14)15/h4,6H,3,5H2,1-2H3,(H,16,17). The van der Waals surface area contributed by atoms with E-state index in [1.54, 1.807) is 7.05 Å². The summed E-state index contributed by atoms with van der Waals surface area (Å²) in [5, 5.41) is 12.9. The number of hydrogen-bond donors (Lipinski definition) is 1. The van der Waals surface area contributed by atoms with Gasteiger partial charge in [-0.05, 0) is 0 Å². The van der Waals surface area contributed by atoms with Crippen LogP contribution < -0.4 is 4.90 Å². The van der Waals surface area contributed by atoms with Crippen LogP contribution in [0, 0.1) is 5.92 Å². The van der Waals surface area contributed by atoms with E-state index in [9.17, 15) is 14.4 Å². The summed E-state index contributed by atoms with van der Waals surface area (Å²) in [4.78, 5) is 35.7. The Labute approximate surface area is 108 Å². The van der Waals surface area contributed by atoms with Crippen molar-refractivity contribution in [1.29, 1.82) is 0 Å². The molecule has 0 aliphatic carbocycles. The summed E-state index contributed by atoms with van der Waals surface area (Å²) in [7, 11) is 2.80. The Kier molecular flexibility index (Phi) is 3.24. The number of aliphatic carboxylic acids is 1. The number of amides is 1. The first-order chi connectivity index (χ1) is 8.95. The van der Waals surface area contributed by atoms with Crippen LogP contribution in [0.15, 0.2) is 6.20 Å². The molecule has 1 saturated heterocycles. The molecule has 1 aromatic heterocycles. The molecule has 1 atom stereocenters. The molecule has 19 heavy (non-hydrogen) atoms. The van der Waals surface area contributed by atoms with Crippen LogP contribution in [0.4, 0.5) is 5.82 Å². The van der Waals surface area contributed by atoms with Crippen molar-refractivity contribution < 1.29 is 24.2 Å². The van der Waals surface area contributed by atoms with E-state index in [1.165, 1.54) is 22.9 Å². The average molecular weight is 267 g/mol. The molecule has 0 saturated carbocycles. The third-order valence-corrected chi connectivity index (χ3v) is 3.04. The summed E-state index contributed by atoms with van der Waals surface area (Å²) in [5.41, 5.74) is 0.143. The molecule has 102 valence electrons. The van der Waals surface area contributed by atoms with Crippen molar-refractivity contribution in [2.24, 2.45) is 13.0 Å². The van der Waals surface area contributed by atoms with E-state index < -0.39 is 17.9 Å². The molecule has 0 radical (unpaired) electrons. The van der Waals surface area contributed by atoms with Gasteiger partial charge in [0.1, 0.15) is 11.4 Å². The summed E-state index contributed by atoms with van der Waals surface area (Å²) >= 11 is 0. The van der Waals surface area contributed by atoms with Crippen molar-refractivity contribution in [2.45, 2.75) is 6.42 Å². The van der Waals surface area contributed by atoms with E-state index in [0.717, 1.165) is 0 Å². The number of carboxylic acids is 1. The molecule has 8 heteroatoms. The van der Waals surface area contributed by atoms with Crippen LogP contribution in [-0.2, 0) is 21.4 Å². The zero-order valence-corrected chi connectivity index (χ0v) is 10.5. The maximum absolute atomic E-state index is 11.9. The average Bonchev–Trinajstić information content (AvgIpc) is 2.91. The lowest BCUT2D eigenvalue weighted by Crippen LogP contribution is -2.29. The number of aromatic nitrogens is 2. The number of nitrogens with zero attached hydrogens (tertiary/aromatic N) is 3. The van der Waals surface area contributed by atoms with Gasteiger partial charge >= 0.3 is 11.9 Å². The van der Waals surface area contributed by atoms with Crippen molar-refractivity contribution in [1.82, 2.24) is 9.78 Å². The minimum absolute atomic E-state index is 0.0255. The molecule has 1 N–H and O–H groups in total. The van der Waals surface area contributed by atoms with Gasteiger partial charge in [0.2, 0.25) is 5.91 Å². The fourth-order valence-corrected chi connectivity index (χ4v) is 2.08. The number of ether oxygens (including phenoxy) is 1. The Balaban J connectivity index is 2.37. The minimum atomic E-state index is -1.03. The van der Waals surface area contributed by atoms with Gasteiger partial charge in [-0.25, -0.2) is 4.79 Å². The molecule has 2 heterocycles. The predicted molar refractivity (Wildman–Crippen MR) is 62.6 cm³/mol. The first-order valence-electron chi connectivity index (χ1n) is 5.59. The van der Waals surface area contributed by atoms with Crippen molar-refractivity contribution in [3.8, 4) is 0 Å². The highest BCUT2D eigenvalue weighted by Gasteiger charge is 2.38. The van der Waals surface area contributed by atoms with E-state index in [4.69, 9.17) is 5.11 Å². The second kappa shape index (κ2) is 4.71. The Morgan fingerprint density at radius 1 is 1.53 bits per heavy atom. The fourth-order valence-electron chi connectivity index (χ4n) is 2.08. The molecule has 1 aliphatic rings. The maximum Gasteiger partial charge on any atom is 0.343 e. The number of methoxy groups -OCH3 is 1. The summed E-state index contributed by atoms with van der Waals surface area (Å²) in [5.74, 6) is -2.50. The molecule has 1 fully saturated rings. The van der Waals surface area contributed by atoms with E-state index in [2.05, 4.69) is 9.84 Å². The maximum atomic E-state index is 11.9.